The first-order valence-corrected chi connectivity index (χ1v) is 8.77. The summed E-state index contributed by atoms with van der Waals surface area (Å²) in [5, 5.41) is 17.8. The van der Waals surface area contributed by atoms with Crippen molar-refractivity contribution >= 4 is 23.2 Å². The summed E-state index contributed by atoms with van der Waals surface area (Å²) >= 11 is 5.96. The van der Waals surface area contributed by atoms with Crippen LogP contribution in [0.25, 0.3) is 5.69 Å². The van der Waals surface area contributed by atoms with Crippen molar-refractivity contribution < 1.29 is 4.79 Å². The lowest BCUT2D eigenvalue weighted by atomic mass is 10.0. The minimum absolute atomic E-state index is 0.0934. The van der Waals surface area contributed by atoms with Crippen LogP contribution < -0.4 is 11.1 Å². The summed E-state index contributed by atoms with van der Waals surface area (Å²) in [7, 11) is 0. The molecule has 6 nitrogen and oxygen atoms in total. The van der Waals surface area contributed by atoms with Crippen molar-refractivity contribution in [2.75, 3.05) is 18.4 Å². The zero-order valence-electron chi connectivity index (χ0n) is 14.7. The van der Waals surface area contributed by atoms with Gasteiger partial charge in [-0.25, -0.2) is 4.68 Å². The standard InChI is InChI=1S/C20H18ClN5O/c1-13-2-4-14(5-3-13)19(27)18-17(12-23)20(24-11-10-22)26(25-18)16-8-6-15(21)7-9-16/h2-9,24H,10-11,22H2,1H3. The van der Waals surface area contributed by atoms with Gasteiger partial charge in [-0.1, -0.05) is 41.4 Å². The van der Waals surface area contributed by atoms with E-state index in [0.29, 0.717) is 35.2 Å². The number of halogens is 1. The number of aryl methyl sites for hydroxylation is 1. The Morgan fingerprint density at radius 1 is 1.22 bits per heavy atom. The highest BCUT2D eigenvalue weighted by Gasteiger charge is 2.24. The van der Waals surface area contributed by atoms with E-state index >= 15 is 0 Å². The van der Waals surface area contributed by atoms with Crippen LogP contribution >= 0.6 is 11.6 Å². The predicted octanol–water partition coefficient (Wildman–Crippen LogP) is 3.31. The number of anilines is 1. The van der Waals surface area contributed by atoms with Crippen molar-refractivity contribution in [2.45, 2.75) is 6.92 Å². The Bertz CT molecular complexity index is 1000. The predicted molar refractivity (Wildman–Crippen MR) is 105 cm³/mol. The molecule has 0 unspecified atom stereocenters. The summed E-state index contributed by atoms with van der Waals surface area (Å²) in [5.74, 6) is 0.121. The van der Waals surface area contributed by atoms with Gasteiger partial charge in [-0.15, -0.1) is 0 Å². The monoisotopic (exact) mass is 379 g/mol. The normalized spacial score (nSPS) is 10.4. The second-order valence-corrected chi connectivity index (χ2v) is 6.42. The fourth-order valence-electron chi connectivity index (χ4n) is 2.65. The quantitative estimate of drug-likeness (QED) is 0.640. The molecular weight excluding hydrogens is 362 g/mol. The average Bonchev–Trinajstić information content (AvgIpc) is 3.05. The van der Waals surface area contributed by atoms with Gasteiger partial charge in [0.1, 0.15) is 17.5 Å². The number of carbonyl (C=O) groups excluding carboxylic acids is 1. The number of nitrogens with zero attached hydrogens (tertiary/aromatic N) is 3. The molecule has 2 aromatic carbocycles. The van der Waals surface area contributed by atoms with Crippen LogP contribution in [0.15, 0.2) is 48.5 Å². The molecule has 0 spiro atoms. The molecule has 0 aliphatic carbocycles. The third-order valence-corrected chi connectivity index (χ3v) is 4.29. The van der Waals surface area contributed by atoms with E-state index in [0.717, 1.165) is 5.56 Å². The molecule has 3 N–H and O–H groups in total. The average molecular weight is 380 g/mol. The summed E-state index contributed by atoms with van der Waals surface area (Å²) in [6.45, 7) is 2.75. The minimum atomic E-state index is -0.310. The highest BCUT2D eigenvalue weighted by Crippen LogP contribution is 2.26. The molecule has 136 valence electrons. The third-order valence-electron chi connectivity index (χ3n) is 4.03. The number of aromatic nitrogens is 2. The van der Waals surface area contributed by atoms with Crippen molar-refractivity contribution in [3.63, 3.8) is 0 Å². The van der Waals surface area contributed by atoms with Gasteiger partial charge in [0.05, 0.1) is 5.69 Å². The van der Waals surface area contributed by atoms with Gasteiger partial charge in [0, 0.05) is 23.7 Å². The van der Waals surface area contributed by atoms with Gasteiger partial charge >= 0.3 is 0 Å². The molecule has 27 heavy (non-hydrogen) atoms. The smallest absolute Gasteiger partial charge is 0.214 e. The third kappa shape index (κ3) is 3.85. The van der Waals surface area contributed by atoms with Crippen LogP contribution in [-0.2, 0) is 0 Å². The number of benzene rings is 2. The van der Waals surface area contributed by atoms with Crippen LogP contribution in [0.1, 0.15) is 27.2 Å². The largest absolute Gasteiger partial charge is 0.368 e. The number of carbonyl (C=O) groups is 1. The molecule has 3 aromatic rings. The molecule has 0 saturated carbocycles. The van der Waals surface area contributed by atoms with Crippen LogP contribution in [0.3, 0.4) is 0 Å². The lowest BCUT2D eigenvalue weighted by Crippen LogP contribution is -2.16. The van der Waals surface area contributed by atoms with E-state index in [1.165, 1.54) is 4.68 Å². The van der Waals surface area contributed by atoms with Gasteiger partial charge in [-0.05, 0) is 31.2 Å². The van der Waals surface area contributed by atoms with Crippen LogP contribution in [-0.4, -0.2) is 28.7 Å². The number of hydrogen-bond donors (Lipinski definition) is 2. The van der Waals surface area contributed by atoms with E-state index in [9.17, 15) is 10.1 Å². The van der Waals surface area contributed by atoms with E-state index in [4.69, 9.17) is 17.3 Å². The molecule has 0 aliphatic rings. The maximum atomic E-state index is 13.0. The van der Waals surface area contributed by atoms with Gasteiger partial charge in [0.2, 0.25) is 5.78 Å². The van der Waals surface area contributed by atoms with E-state index < -0.39 is 0 Å². The maximum absolute atomic E-state index is 13.0. The van der Waals surface area contributed by atoms with Crippen molar-refractivity contribution in [2.24, 2.45) is 5.73 Å². The molecule has 1 aromatic heterocycles. The van der Waals surface area contributed by atoms with Gasteiger partial charge in [-0.2, -0.15) is 10.4 Å². The number of rotatable bonds is 6. The Kier molecular flexibility index (Phi) is 5.55. The van der Waals surface area contributed by atoms with Gasteiger partial charge in [0.25, 0.3) is 0 Å². The lowest BCUT2D eigenvalue weighted by molar-refractivity contribution is 0.103. The summed E-state index contributed by atoms with van der Waals surface area (Å²) in [6, 6.07) is 16.2. The molecular formula is C20H18ClN5O. The molecule has 7 heteroatoms. The molecule has 0 radical (unpaired) electrons. The Morgan fingerprint density at radius 3 is 2.48 bits per heavy atom. The number of nitrogens with one attached hydrogen (secondary N) is 1. The first kappa shape index (κ1) is 18.6. The highest BCUT2D eigenvalue weighted by molar-refractivity contribution is 6.30. The van der Waals surface area contributed by atoms with Crippen LogP contribution in [0.2, 0.25) is 5.02 Å². The van der Waals surface area contributed by atoms with Gasteiger partial charge < -0.3 is 11.1 Å². The Balaban J connectivity index is 2.13. The molecule has 3 rings (SSSR count). The second-order valence-electron chi connectivity index (χ2n) is 5.98. The number of hydrogen-bond acceptors (Lipinski definition) is 5. The van der Waals surface area contributed by atoms with Gasteiger partial charge in [0.15, 0.2) is 5.69 Å². The molecule has 0 atom stereocenters. The second kappa shape index (κ2) is 8.04. The Morgan fingerprint density at radius 2 is 1.89 bits per heavy atom. The molecule has 0 aliphatic heterocycles. The van der Waals surface area contributed by atoms with Crippen molar-refractivity contribution in [1.29, 1.82) is 5.26 Å². The van der Waals surface area contributed by atoms with Crippen LogP contribution in [0.4, 0.5) is 5.82 Å². The SMILES string of the molecule is Cc1ccc(C(=O)c2nn(-c3ccc(Cl)cc3)c(NCCN)c2C#N)cc1. The van der Waals surface area contributed by atoms with E-state index in [-0.39, 0.29) is 17.0 Å². The molecule has 0 fully saturated rings. The first-order chi connectivity index (χ1) is 13.0. The molecule has 0 bridgehead atoms. The molecule has 0 amide bonds. The first-order valence-electron chi connectivity index (χ1n) is 8.39. The maximum Gasteiger partial charge on any atom is 0.214 e. The topological polar surface area (TPSA) is 96.7 Å². The number of ketones is 1. The van der Waals surface area contributed by atoms with E-state index in [1.54, 1.807) is 36.4 Å². The lowest BCUT2D eigenvalue weighted by Gasteiger charge is -2.09. The van der Waals surface area contributed by atoms with Crippen molar-refractivity contribution in [3.05, 3.63) is 75.9 Å². The highest BCUT2D eigenvalue weighted by atomic mass is 35.5. The Labute approximate surface area is 162 Å². The summed E-state index contributed by atoms with van der Waals surface area (Å²) in [6.07, 6.45) is 0. The van der Waals surface area contributed by atoms with Crippen LogP contribution in [0.5, 0.6) is 0 Å². The Hall–Kier alpha value is -3.14. The molecule has 0 saturated heterocycles. The van der Waals surface area contributed by atoms with Crippen molar-refractivity contribution in [1.82, 2.24) is 9.78 Å². The van der Waals surface area contributed by atoms with Crippen LogP contribution in [0, 0.1) is 18.3 Å². The van der Waals surface area contributed by atoms with Crippen molar-refractivity contribution in [3.8, 4) is 11.8 Å². The fourth-order valence-corrected chi connectivity index (χ4v) is 2.77. The van der Waals surface area contributed by atoms with Gasteiger partial charge in [-0.3, -0.25) is 4.79 Å². The number of nitriles is 1. The number of nitrogens with two attached hydrogens (primary N) is 1. The summed E-state index contributed by atoms with van der Waals surface area (Å²) in [5.41, 5.74) is 8.07. The van der Waals surface area contributed by atoms with E-state index in [2.05, 4.69) is 16.5 Å². The minimum Gasteiger partial charge on any atom is -0.368 e. The zero-order chi connectivity index (χ0) is 19.4. The zero-order valence-corrected chi connectivity index (χ0v) is 15.5. The fraction of sp³-hybridized carbons (Fsp3) is 0.150. The molecule has 1 heterocycles. The summed E-state index contributed by atoms with van der Waals surface area (Å²) in [4.78, 5) is 13.0. The summed E-state index contributed by atoms with van der Waals surface area (Å²) < 4.78 is 1.53. The van der Waals surface area contributed by atoms with E-state index in [1.807, 2.05) is 19.1 Å².